The topological polar surface area (TPSA) is 81.6 Å². The predicted octanol–water partition coefficient (Wildman–Crippen LogP) is 5.47. The SMILES string of the molecule is Nc1ncc(-c2cnn(C3CCNCC3)c2)cc1-c1cc2c(-c3ccccc3)ccc(F)c2cn1. The van der Waals surface area contributed by atoms with Crippen molar-refractivity contribution in [3.8, 4) is 33.5 Å². The van der Waals surface area contributed by atoms with E-state index in [4.69, 9.17) is 5.73 Å². The van der Waals surface area contributed by atoms with Crippen LogP contribution in [0.25, 0.3) is 44.3 Å². The highest BCUT2D eigenvalue weighted by Gasteiger charge is 2.17. The molecule has 3 N–H and O–H groups in total. The van der Waals surface area contributed by atoms with E-state index in [-0.39, 0.29) is 5.82 Å². The lowest BCUT2D eigenvalue weighted by molar-refractivity contribution is 0.343. The number of rotatable bonds is 4. The number of nitrogens with one attached hydrogen (secondary N) is 1. The van der Waals surface area contributed by atoms with Crippen molar-refractivity contribution in [3.05, 3.63) is 85.2 Å². The summed E-state index contributed by atoms with van der Waals surface area (Å²) in [4.78, 5) is 9.01. The fraction of sp³-hybridized carbons (Fsp3) is 0.179. The van der Waals surface area contributed by atoms with Gasteiger partial charge < -0.3 is 11.1 Å². The number of hydrogen-bond donors (Lipinski definition) is 2. The van der Waals surface area contributed by atoms with Gasteiger partial charge in [-0.25, -0.2) is 9.37 Å². The average Bonchev–Trinajstić information content (AvgIpc) is 3.41. The Morgan fingerprint density at radius 1 is 0.829 bits per heavy atom. The molecule has 2 aromatic carbocycles. The lowest BCUT2D eigenvalue weighted by atomic mass is 9.97. The molecule has 1 aliphatic rings. The van der Waals surface area contributed by atoms with E-state index in [0.717, 1.165) is 53.6 Å². The quantitative estimate of drug-likeness (QED) is 0.368. The molecule has 3 aromatic heterocycles. The van der Waals surface area contributed by atoms with E-state index < -0.39 is 0 Å². The predicted molar refractivity (Wildman–Crippen MR) is 137 cm³/mol. The van der Waals surface area contributed by atoms with E-state index in [9.17, 15) is 4.39 Å². The lowest BCUT2D eigenvalue weighted by Crippen LogP contribution is -2.29. The Bertz CT molecular complexity index is 1510. The Morgan fingerprint density at radius 2 is 1.66 bits per heavy atom. The van der Waals surface area contributed by atoms with E-state index in [2.05, 4.69) is 31.3 Å². The summed E-state index contributed by atoms with van der Waals surface area (Å²) in [5.41, 5.74) is 11.5. The second-order valence-electron chi connectivity index (χ2n) is 8.92. The largest absolute Gasteiger partial charge is 0.383 e. The summed E-state index contributed by atoms with van der Waals surface area (Å²) in [6.45, 7) is 2.01. The highest BCUT2D eigenvalue weighted by molar-refractivity contribution is 5.99. The summed E-state index contributed by atoms with van der Waals surface area (Å²) >= 11 is 0. The summed E-state index contributed by atoms with van der Waals surface area (Å²) < 4.78 is 16.7. The van der Waals surface area contributed by atoms with E-state index in [1.807, 2.05) is 54.7 Å². The van der Waals surface area contributed by atoms with Crippen molar-refractivity contribution >= 4 is 16.6 Å². The fourth-order valence-electron chi connectivity index (χ4n) is 4.82. The molecule has 0 atom stereocenters. The van der Waals surface area contributed by atoms with E-state index in [1.54, 1.807) is 12.4 Å². The maximum Gasteiger partial charge on any atom is 0.132 e. The van der Waals surface area contributed by atoms with Crippen LogP contribution in [0.2, 0.25) is 0 Å². The van der Waals surface area contributed by atoms with Crippen LogP contribution in [0.15, 0.2) is 79.4 Å². The number of nitrogens with zero attached hydrogens (tertiary/aromatic N) is 4. The molecule has 35 heavy (non-hydrogen) atoms. The minimum atomic E-state index is -0.302. The Balaban J connectivity index is 1.42. The molecule has 0 spiro atoms. The number of piperidine rings is 1. The normalized spacial score (nSPS) is 14.4. The van der Waals surface area contributed by atoms with Crippen molar-refractivity contribution < 1.29 is 4.39 Å². The minimum Gasteiger partial charge on any atom is -0.383 e. The molecule has 0 radical (unpaired) electrons. The third-order valence-corrected chi connectivity index (χ3v) is 6.74. The van der Waals surface area contributed by atoms with Gasteiger partial charge in [-0.3, -0.25) is 9.67 Å². The van der Waals surface area contributed by atoms with Gasteiger partial charge in [0.25, 0.3) is 0 Å². The number of nitrogens with two attached hydrogens (primary N) is 1. The number of fused-ring (bicyclic) bond motifs is 1. The van der Waals surface area contributed by atoms with Crippen LogP contribution in [0.1, 0.15) is 18.9 Å². The van der Waals surface area contributed by atoms with E-state index >= 15 is 0 Å². The molecule has 1 saturated heterocycles. The summed E-state index contributed by atoms with van der Waals surface area (Å²) in [7, 11) is 0. The van der Waals surface area contributed by atoms with Gasteiger partial charge in [-0.1, -0.05) is 36.4 Å². The zero-order chi connectivity index (χ0) is 23.8. The van der Waals surface area contributed by atoms with Crippen LogP contribution in [0.5, 0.6) is 0 Å². The van der Waals surface area contributed by atoms with Gasteiger partial charge >= 0.3 is 0 Å². The number of pyridine rings is 2. The first-order valence-corrected chi connectivity index (χ1v) is 11.8. The second-order valence-corrected chi connectivity index (χ2v) is 8.92. The molecule has 0 bridgehead atoms. The molecular formula is C28H25FN6. The van der Waals surface area contributed by atoms with Crippen molar-refractivity contribution in [2.24, 2.45) is 0 Å². The Labute approximate surface area is 202 Å². The number of nitrogen functional groups attached to an aromatic ring is 1. The maximum atomic E-state index is 14.6. The number of anilines is 1. The smallest absolute Gasteiger partial charge is 0.132 e. The third-order valence-electron chi connectivity index (χ3n) is 6.74. The fourth-order valence-corrected chi connectivity index (χ4v) is 4.82. The number of aromatic nitrogens is 4. The van der Waals surface area contributed by atoms with Gasteiger partial charge in [0, 0.05) is 40.7 Å². The van der Waals surface area contributed by atoms with Crippen LogP contribution >= 0.6 is 0 Å². The molecule has 174 valence electrons. The first-order chi connectivity index (χ1) is 17.2. The van der Waals surface area contributed by atoms with Crippen LogP contribution < -0.4 is 11.1 Å². The molecule has 0 amide bonds. The zero-order valence-electron chi connectivity index (χ0n) is 19.2. The monoisotopic (exact) mass is 464 g/mol. The standard InChI is InChI=1S/C28H25FN6/c29-26-7-6-22(18-4-2-1-3-5-18)23-13-27(32-16-25(23)26)24-12-19(14-33-28(24)30)20-15-34-35(17-20)21-8-10-31-11-9-21/h1-7,12-17,21,31H,8-11H2,(H2,30,33). The van der Waals surface area contributed by atoms with Crippen molar-refractivity contribution in [1.82, 2.24) is 25.1 Å². The Hall–Kier alpha value is -4.10. The van der Waals surface area contributed by atoms with Gasteiger partial charge in [0.2, 0.25) is 0 Å². The molecular weight excluding hydrogens is 439 g/mol. The molecule has 1 fully saturated rings. The molecule has 6 nitrogen and oxygen atoms in total. The van der Waals surface area contributed by atoms with E-state index in [0.29, 0.717) is 28.5 Å². The van der Waals surface area contributed by atoms with Crippen LogP contribution in [0.3, 0.4) is 0 Å². The van der Waals surface area contributed by atoms with Gasteiger partial charge in [0.15, 0.2) is 0 Å². The average molecular weight is 465 g/mol. The summed E-state index contributed by atoms with van der Waals surface area (Å²) in [5, 5.41) is 9.25. The van der Waals surface area contributed by atoms with Gasteiger partial charge in [0.05, 0.1) is 17.9 Å². The van der Waals surface area contributed by atoms with Crippen molar-refractivity contribution in [1.29, 1.82) is 0 Å². The van der Waals surface area contributed by atoms with Gasteiger partial charge in [0.1, 0.15) is 11.6 Å². The van der Waals surface area contributed by atoms with Crippen molar-refractivity contribution in [2.45, 2.75) is 18.9 Å². The Morgan fingerprint density at radius 3 is 2.49 bits per heavy atom. The minimum absolute atomic E-state index is 0.302. The summed E-state index contributed by atoms with van der Waals surface area (Å²) in [6.07, 6.45) is 9.41. The van der Waals surface area contributed by atoms with Gasteiger partial charge in [-0.2, -0.15) is 5.10 Å². The zero-order valence-corrected chi connectivity index (χ0v) is 19.2. The highest BCUT2D eigenvalue weighted by Crippen LogP contribution is 2.35. The van der Waals surface area contributed by atoms with Crippen LogP contribution in [-0.4, -0.2) is 32.8 Å². The van der Waals surface area contributed by atoms with E-state index in [1.165, 1.54) is 6.07 Å². The molecule has 0 saturated carbocycles. The molecule has 1 aliphatic heterocycles. The van der Waals surface area contributed by atoms with Crippen LogP contribution in [-0.2, 0) is 0 Å². The highest BCUT2D eigenvalue weighted by atomic mass is 19.1. The number of hydrogen-bond acceptors (Lipinski definition) is 5. The molecule has 7 heteroatoms. The van der Waals surface area contributed by atoms with Crippen LogP contribution in [0.4, 0.5) is 10.2 Å². The Kier molecular flexibility index (Phi) is 5.47. The molecule has 6 rings (SSSR count). The van der Waals surface area contributed by atoms with Gasteiger partial charge in [-0.05, 0) is 60.6 Å². The molecule has 5 aromatic rings. The van der Waals surface area contributed by atoms with Crippen LogP contribution in [0, 0.1) is 5.82 Å². The summed E-state index contributed by atoms with van der Waals surface area (Å²) in [5.74, 6) is 0.0768. The molecule has 0 unspecified atom stereocenters. The maximum absolute atomic E-state index is 14.6. The lowest BCUT2D eigenvalue weighted by Gasteiger charge is -2.22. The summed E-state index contributed by atoms with van der Waals surface area (Å²) in [6, 6.07) is 17.5. The molecule has 4 heterocycles. The van der Waals surface area contributed by atoms with Crippen molar-refractivity contribution in [3.63, 3.8) is 0 Å². The first-order valence-electron chi connectivity index (χ1n) is 11.8. The first kappa shape index (κ1) is 21.4. The number of benzene rings is 2. The second kappa shape index (κ2) is 8.92. The molecule has 0 aliphatic carbocycles. The van der Waals surface area contributed by atoms with Crippen molar-refractivity contribution in [2.75, 3.05) is 18.8 Å². The van der Waals surface area contributed by atoms with Gasteiger partial charge in [-0.15, -0.1) is 0 Å². The number of halogens is 1. The third kappa shape index (κ3) is 4.04.